The first-order valence-electron chi connectivity index (χ1n) is 9.24. The lowest BCUT2D eigenvalue weighted by Crippen LogP contribution is -2.12. The normalized spacial score (nSPS) is 13.0. The number of fused-ring (bicyclic) bond motifs is 1. The van der Waals surface area contributed by atoms with Crippen LogP contribution >= 0.6 is 0 Å². The van der Waals surface area contributed by atoms with E-state index in [0.29, 0.717) is 16.8 Å². The van der Waals surface area contributed by atoms with Gasteiger partial charge in [-0.2, -0.15) is 0 Å². The third-order valence-corrected chi connectivity index (χ3v) is 5.00. The summed E-state index contributed by atoms with van der Waals surface area (Å²) in [6, 6.07) is 11.9. The first-order chi connectivity index (χ1) is 13.5. The van der Waals surface area contributed by atoms with Crippen LogP contribution in [0.15, 0.2) is 48.7 Å². The lowest BCUT2D eigenvalue weighted by molar-refractivity contribution is -0.385. The maximum Gasteiger partial charge on any atom is 0.272 e. The highest BCUT2D eigenvalue weighted by molar-refractivity contribution is 6.04. The Morgan fingerprint density at radius 1 is 1.18 bits per heavy atom. The highest BCUT2D eigenvalue weighted by atomic mass is 16.6. The minimum absolute atomic E-state index is 0.00340. The molecule has 3 aromatic rings. The SMILES string of the molecule is Cc1cc(C(=O)Nc2ccc(-c3cn4c(n3)CCCC4)cc2)ccc1[N+](=O)[O-]. The van der Waals surface area contributed by atoms with E-state index in [1.54, 1.807) is 6.92 Å². The van der Waals surface area contributed by atoms with E-state index in [-0.39, 0.29) is 11.6 Å². The molecule has 0 bridgehead atoms. The molecule has 0 spiro atoms. The Balaban J connectivity index is 1.48. The van der Waals surface area contributed by atoms with Crippen molar-refractivity contribution in [3.8, 4) is 11.3 Å². The minimum Gasteiger partial charge on any atom is -0.334 e. The van der Waals surface area contributed by atoms with Gasteiger partial charge in [0.2, 0.25) is 0 Å². The molecule has 0 aliphatic carbocycles. The number of nitrogens with zero attached hydrogens (tertiary/aromatic N) is 3. The zero-order valence-electron chi connectivity index (χ0n) is 15.5. The number of benzene rings is 2. The molecular weight excluding hydrogens is 356 g/mol. The number of amides is 1. The molecule has 0 atom stereocenters. The molecule has 2 aromatic carbocycles. The molecule has 1 amide bonds. The Labute approximate surface area is 162 Å². The largest absolute Gasteiger partial charge is 0.334 e. The number of hydrogen-bond donors (Lipinski definition) is 1. The van der Waals surface area contributed by atoms with Crippen molar-refractivity contribution in [1.29, 1.82) is 0 Å². The van der Waals surface area contributed by atoms with Gasteiger partial charge in [0.15, 0.2) is 0 Å². The lowest BCUT2D eigenvalue weighted by atomic mass is 10.1. The number of hydrogen-bond acceptors (Lipinski definition) is 4. The molecule has 0 saturated carbocycles. The summed E-state index contributed by atoms with van der Waals surface area (Å²) in [6.07, 6.45) is 5.48. The number of imidazole rings is 1. The number of nitrogens with one attached hydrogen (secondary N) is 1. The van der Waals surface area contributed by atoms with E-state index in [4.69, 9.17) is 4.98 Å². The number of nitro benzene ring substituents is 1. The fraction of sp³-hybridized carbons (Fsp3) is 0.238. The molecule has 0 fully saturated rings. The van der Waals surface area contributed by atoms with Gasteiger partial charge in [0, 0.05) is 47.6 Å². The minimum atomic E-state index is -0.455. The zero-order chi connectivity index (χ0) is 19.7. The predicted octanol–water partition coefficient (Wildman–Crippen LogP) is 4.36. The Kier molecular flexibility index (Phi) is 4.65. The maximum atomic E-state index is 12.4. The van der Waals surface area contributed by atoms with Gasteiger partial charge in [0.05, 0.1) is 10.6 Å². The van der Waals surface area contributed by atoms with Crippen molar-refractivity contribution in [2.45, 2.75) is 32.7 Å². The van der Waals surface area contributed by atoms with E-state index in [1.165, 1.54) is 31.0 Å². The van der Waals surface area contributed by atoms with E-state index in [1.807, 2.05) is 24.3 Å². The van der Waals surface area contributed by atoms with Crippen LogP contribution in [0.1, 0.15) is 34.6 Å². The summed E-state index contributed by atoms with van der Waals surface area (Å²) in [5.41, 5.74) is 3.45. The molecular formula is C21H20N4O3. The van der Waals surface area contributed by atoms with Gasteiger partial charge in [-0.05, 0) is 44.0 Å². The number of aromatic nitrogens is 2. The molecule has 4 rings (SSSR count). The fourth-order valence-corrected chi connectivity index (χ4v) is 3.48. The number of carbonyl (C=O) groups is 1. The molecule has 7 heteroatoms. The van der Waals surface area contributed by atoms with E-state index in [2.05, 4.69) is 16.1 Å². The second-order valence-electron chi connectivity index (χ2n) is 6.98. The maximum absolute atomic E-state index is 12.4. The van der Waals surface area contributed by atoms with Crippen LogP contribution in [0.3, 0.4) is 0 Å². The molecule has 0 radical (unpaired) electrons. The third kappa shape index (κ3) is 3.51. The van der Waals surface area contributed by atoms with Gasteiger partial charge >= 0.3 is 0 Å². The molecule has 28 heavy (non-hydrogen) atoms. The van der Waals surface area contributed by atoms with Gasteiger partial charge in [-0.3, -0.25) is 14.9 Å². The number of aryl methyl sites for hydroxylation is 3. The van der Waals surface area contributed by atoms with E-state index in [0.717, 1.165) is 30.0 Å². The summed E-state index contributed by atoms with van der Waals surface area (Å²) >= 11 is 0. The van der Waals surface area contributed by atoms with Crippen molar-refractivity contribution in [3.05, 3.63) is 75.7 Å². The second kappa shape index (κ2) is 7.26. The Hall–Kier alpha value is -3.48. The first kappa shape index (κ1) is 17.9. The number of rotatable bonds is 4. The number of carbonyl (C=O) groups excluding carboxylic acids is 1. The molecule has 1 aromatic heterocycles. The Morgan fingerprint density at radius 3 is 2.64 bits per heavy atom. The van der Waals surface area contributed by atoms with Gasteiger partial charge in [-0.25, -0.2) is 4.98 Å². The molecule has 142 valence electrons. The van der Waals surface area contributed by atoms with Crippen LogP contribution < -0.4 is 5.32 Å². The predicted molar refractivity (Wildman–Crippen MR) is 106 cm³/mol. The fourth-order valence-electron chi connectivity index (χ4n) is 3.48. The summed E-state index contributed by atoms with van der Waals surface area (Å²) in [6.45, 7) is 2.64. The van der Waals surface area contributed by atoms with Crippen LogP contribution in [0.2, 0.25) is 0 Å². The second-order valence-corrected chi connectivity index (χ2v) is 6.98. The standard InChI is InChI=1S/C21H20N4O3/c1-14-12-16(7-10-19(14)25(27)28)21(26)22-17-8-5-15(6-9-17)18-13-24-11-3-2-4-20(24)23-18/h5-10,12-13H,2-4,11H2,1H3,(H,22,26). The van der Waals surface area contributed by atoms with Crippen LogP contribution in [-0.4, -0.2) is 20.4 Å². The summed E-state index contributed by atoms with van der Waals surface area (Å²) in [5.74, 6) is 0.829. The van der Waals surface area contributed by atoms with Crippen LogP contribution in [0.25, 0.3) is 11.3 Å². The topological polar surface area (TPSA) is 90.1 Å². The summed E-state index contributed by atoms with van der Waals surface area (Å²) in [5, 5.41) is 13.7. The van der Waals surface area contributed by atoms with Crippen LogP contribution in [0.5, 0.6) is 0 Å². The van der Waals surface area contributed by atoms with Crippen molar-refractivity contribution in [3.63, 3.8) is 0 Å². The van der Waals surface area contributed by atoms with Crippen molar-refractivity contribution in [2.75, 3.05) is 5.32 Å². The van der Waals surface area contributed by atoms with Crippen LogP contribution in [-0.2, 0) is 13.0 Å². The molecule has 1 N–H and O–H groups in total. The third-order valence-electron chi connectivity index (χ3n) is 5.00. The molecule has 1 aliphatic rings. The van der Waals surface area contributed by atoms with Crippen LogP contribution in [0.4, 0.5) is 11.4 Å². The van der Waals surface area contributed by atoms with Crippen molar-refractivity contribution < 1.29 is 9.72 Å². The molecule has 0 unspecified atom stereocenters. The molecule has 0 saturated heterocycles. The van der Waals surface area contributed by atoms with Crippen molar-refractivity contribution >= 4 is 17.3 Å². The van der Waals surface area contributed by atoms with Gasteiger partial charge in [-0.1, -0.05) is 12.1 Å². The highest BCUT2D eigenvalue weighted by Gasteiger charge is 2.15. The lowest BCUT2D eigenvalue weighted by Gasteiger charge is -2.11. The molecule has 2 heterocycles. The summed E-state index contributed by atoms with van der Waals surface area (Å²) < 4.78 is 2.21. The number of nitro groups is 1. The molecule has 1 aliphatic heterocycles. The Bertz CT molecular complexity index is 1030. The van der Waals surface area contributed by atoms with E-state index >= 15 is 0 Å². The van der Waals surface area contributed by atoms with Gasteiger partial charge in [0.25, 0.3) is 11.6 Å². The van der Waals surface area contributed by atoms with Gasteiger partial charge in [-0.15, -0.1) is 0 Å². The summed E-state index contributed by atoms with van der Waals surface area (Å²) in [4.78, 5) is 27.6. The van der Waals surface area contributed by atoms with Gasteiger partial charge < -0.3 is 9.88 Å². The summed E-state index contributed by atoms with van der Waals surface area (Å²) in [7, 11) is 0. The van der Waals surface area contributed by atoms with Crippen molar-refractivity contribution in [1.82, 2.24) is 9.55 Å². The highest BCUT2D eigenvalue weighted by Crippen LogP contribution is 2.24. The average Bonchev–Trinajstić information content (AvgIpc) is 3.12. The number of anilines is 1. The van der Waals surface area contributed by atoms with Crippen LogP contribution in [0, 0.1) is 17.0 Å². The zero-order valence-corrected chi connectivity index (χ0v) is 15.5. The first-order valence-corrected chi connectivity index (χ1v) is 9.24. The molecule has 7 nitrogen and oxygen atoms in total. The Morgan fingerprint density at radius 2 is 1.96 bits per heavy atom. The van der Waals surface area contributed by atoms with Gasteiger partial charge in [0.1, 0.15) is 5.82 Å². The smallest absolute Gasteiger partial charge is 0.272 e. The monoisotopic (exact) mass is 376 g/mol. The van der Waals surface area contributed by atoms with Crippen molar-refractivity contribution in [2.24, 2.45) is 0 Å². The van der Waals surface area contributed by atoms with E-state index < -0.39 is 4.92 Å². The quantitative estimate of drug-likeness (QED) is 0.541. The van der Waals surface area contributed by atoms with E-state index in [9.17, 15) is 14.9 Å². The average molecular weight is 376 g/mol.